The summed E-state index contributed by atoms with van der Waals surface area (Å²) in [5.74, 6) is -0.533. The van der Waals surface area contributed by atoms with Crippen molar-refractivity contribution in [1.82, 2.24) is 4.57 Å². The summed E-state index contributed by atoms with van der Waals surface area (Å²) in [5.41, 5.74) is 1.74. The molecule has 3 rings (SSSR count). The number of hydrogen-bond acceptors (Lipinski definition) is 4. The maximum absolute atomic E-state index is 12.1. The van der Waals surface area contributed by atoms with Crippen molar-refractivity contribution >= 4 is 17.6 Å². The molecule has 1 N–H and O–H groups in total. The maximum Gasteiger partial charge on any atom is 0.341 e. The van der Waals surface area contributed by atoms with E-state index < -0.39 is 11.4 Å². The second kappa shape index (κ2) is 6.90. The Hall–Kier alpha value is -2.31. The van der Waals surface area contributed by atoms with Crippen LogP contribution in [0.15, 0.2) is 29.2 Å². The molecule has 1 aliphatic rings. The average Bonchev–Trinajstić information content (AvgIpc) is 2.56. The van der Waals surface area contributed by atoms with Crippen LogP contribution < -0.4 is 10.2 Å². The molecular formula is C18H18ClNO5. The third-order valence-corrected chi connectivity index (χ3v) is 4.58. The third kappa shape index (κ3) is 3.27. The minimum atomic E-state index is -1.22. The van der Waals surface area contributed by atoms with Crippen LogP contribution in [-0.4, -0.2) is 36.0 Å². The van der Waals surface area contributed by atoms with E-state index in [-0.39, 0.29) is 11.5 Å². The Balaban J connectivity index is 2.09. The molecule has 2 heterocycles. The van der Waals surface area contributed by atoms with Crippen molar-refractivity contribution in [2.75, 3.05) is 20.3 Å². The van der Waals surface area contributed by atoms with Gasteiger partial charge < -0.3 is 19.1 Å². The van der Waals surface area contributed by atoms with Crippen LogP contribution in [0.4, 0.5) is 0 Å². The second-order valence-electron chi connectivity index (χ2n) is 6.01. The summed E-state index contributed by atoms with van der Waals surface area (Å²) in [6, 6.07) is 5.01. The van der Waals surface area contributed by atoms with Crippen LogP contribution in [0.1, 0.15) is 28.8 Å². The van der Waals surface area contributed by atoms with Crippen molar-refractivity contribution in [2.45, 2.75) is 19.4 Å². The predicted molar refractivity (Wildman–Crippen MR) is 93.9 cm³/mol. The number of nitrogens with zero attached hydrogens (tertiary/aromatic N) is 1. The van der Waals surface area contributed by atoms with Crippen LogP contribution in [0.2, 0.25) is 5.02 Å². The fourth-order valence-electron chi connectivity index (χ4n) is 3.06. The maximum atomic E-state index is 12.1. The van der Waals surface area contributed by atoms with E-state index in [0.717, 1.165) is 11.1 Å². The van der Waals surface area contributed by atoms with Crippen molar-refractivity contribution in [3.8, 4) is 17.0 Å². The third-order valence-electron chi connectivity index (χ3n) is 4.28. The Bertz CT molecular complexity index is 890. The van der Waals surface area contributed by atoms with Gasteiger partial charge in [-0.25, -0.2) is 4.79 Å². The van der Waals surface area contributed by atoms with Gasteiger partial charge in [0.25, 0.3) is 0 Å². The minimum absolute atomic E-state index is 0.119. The summed E-state index contributed by atoms with van der Waals surface area (Å²) >= 11 is 6.33. The molecule has 1 aliphatic heterocycles. The van der Waals surface area contributed by atoms with E-state index >= 15 is 0 Å². The first-order chi connectivity index (χ1) is 11.9. The highest BCUT2D eigenvalue weighted by molar-refractivity contribution is 6.32. The SMILES string of the molecule is COCCOc1cc2c(cc1Cl)-c1cc(=O)c(C(=O)O)cn1C[C@H]2C. The number of aromatic carboxylic acids is 1. The number of fused-ring (bicyclic) bond motifs is 3. The molecule has 7 heteroatoms. The number of carboxylic acid groups (broad SMARTS) is 1. The lowest BCUT2D eigenvalue weighted by molar-refractivity contribution is 0.0694. The molecule has 0 aliphatic carbocycles. The molecule has 1 aromatic heterocycles. The predicted octanol–water partition coefficient (Wildman–Crippen LogP) is 3.01. The van der Waals surface area contributed by atoms with E-state index in [1.54, 1.807) is 17.7 Å². The molecule has 0 unspecified atom stereocenters. The number of pyridine rings is 1. The smallest absolute Gasteiger partial charge is 0.341 e. The van der Waals surface area contributed by atoms with Crippen LogP contribution in [0, 0.1) is 0 Å². The molecule has 0 fully saturated rings. The number of rotatable bonds is 5. The number of aromatic nitrogens is 1. The highest BCUT2D eigenvalue weighted by atomic mass is 35.5. The van der Waals surface area contributed by atoms with Gasteiger partial charge in [0.2, 0.25) is 0 Å². The number of ether oxygens (including phenoxy) is 2. The molecule has 132 valence electrons. The Morgan fingerprint density at radius 2 is 2.12 bits per heavy atom. The highest BCUT2D eigenvalue weighted by Gasteiger charge is 2.25. The zero-order chi connectivity index (χ0) is 18.1. The van der Waals surface area contributed by atoms with Gasteiger partial charge in [0.1, 0.15) is 17.9 Å². The number of hydrogen-bond donors (Lipinski definition) is 1. The average molecular weight is 364 g/mol. The van der Waals surface area contributed by atoms with E-state index in [2.05, 4.69) is 0 Å². The summed E-state index contributed by atoms with van der Waals surface area (Å²) in [6.45, 7) is 3.45. The molecule has 25 heavy (non-hydrogen) atoms. The highest BCUT2D eigenvalue weighted by Crippen LogP contribution is 2.40. The Labute approximate surface area is 149 Å². The van der Waals surface area contributed by atoms with Gasteiger partial charge in [-0.3, -0.25) is 4.79 Å². The van der Waals surface area contributed by atoms with E-state index in [1.807, 2.05) is 13.0 Å². The van der Waals surface area contributed by atoms with Crippen LogP contribution in [0.3, 0.4) is 0 Å². The normalized spacial score (nSPS) is 15.4. The molecule has 6 nitrogen and oxygen atoms in total. The van der Waals surface area contributed by atoms with Gasteiger partial charge in [0.05, 0.1) is 17.3 Å². The number of carboxylic acids is 1. The number of benzene rings is 1. The van der Waals surface area contributed by atoms with Gasteiger partial charge >= 0.3 is 5.97 Å². The van der Waals surface area contributed by atoms with Gasteiger partial charge in [0.15, 0.2) is 5.43 Å². The summed E-state index contributed by atoms with van der Waals surface area (Å²) in [5, 5.41) is 9.59. The van der Waals surface area contributed by atoms with Gasteiger partial charge in [-0.05, 0) is 23.6 Å². The van der Waals surface area contributed by atoms with Gasteiger partial charge in [-0.2, -0.15) is 0 Å². The Morgan fingerprint density at radius 3 is 2.80 bits per heavy atom. The summed E-state index contributed by atoms with van der Waals surface area (Å²) in [4.78, 5) is 23.3. The molecule has 2 aromatic rings. The van der Waals surface area contributed by atoms with Crippen LogP contribution in [-0.2, 0) is 11.3 Å². The molecular weight excluding hydrogens is 346 g/mol. The fraction of sp³-hybridized carbons (Fsp3) is 0.333. The van der Waals surface area contributed by atoms with E-state index in [9.17, 15) is 9.59 Å². The second-order valence-corrected chi connectivity index (χ2v) is 6.41. The Morgan fingerprint density at radius 1 is 1.36 bits per heavy atom. The van der Waals surface area contributed by atoms with Crippen molar-refractivity contribution in [3.63, 3.8) is 0 Å². The van der Waals surface area contributed by atoms with E-state index in [4.69, 9.17) is 26.2 Å². The standard InChI is InChI=1S/C18H18ClNO5/c1-10-8-20-9-13(18(22)23)16(21)7-15(20)12-5-14(19)17(6-11(10)12)25-4-3-24-2/h5-7,9-10H,3-4,8H2,1-2H3,(H,22,23)/t10-/m1/s1. The topological polar surface area (TPSA) is 77.8 Å². The number of halogens is 1. The number of carbonyl (C=O) groups is 1. The Kier molecular flexibility index (Phi) is 4.83. The largest absolute Gasteiger partial charge is 0.490 e. The van der Waals surface area contributed by atoms with Crippen LogP contribution in [0.25, 0.3) is 11.3 Å². The first kappa shape index (κ1) is 17.5. The molecule has 0 bridgehead atoms. The molecule has 0 saturated heterocycles. The number of methoxy groups -OCH3 is 1. The van der Waals surface area contributed by atoms with Crippen molar-refractivity contribution in [1.29, 1.82) is 0 Å². The summed E-state index contributed by atoms with van der Waals surface area (Å²) in [6.07, 6.45) is 1.40. The molecule has 0 saturated carbocycles. The van der Waals surface area contributed by atoms with E-state index in [0.29, 0.717) is 36.2 Å². The quantitative estimate of drug-likeness (QED) is 0.826. The molecule has 0 radical (unpaired) electrons. The lowest BCUT2D eigenvalue weighted by Gasteiger charge is -2.28. The van der Waals surface area contributed by atoms with Gasteiger partial charge in [-0.1, -0.05) is 18.5 Å². The first-order valence-corrected chi connectivity index (χ1v) is 8.23. The van der Waals surface area contributed by atoms with Crippen molar-refractivity contribution < 1.29 is 19.4 Å². The minimum Gasteiger partial charge on any atom is -0.490 e. The van der Waals surface area contributed by atoms with Crippen molar-refractivity contribution in [2.24, 2.45) is 0 Å². The first-order valence-electron chi connectivity index (χ1n) is 7.85. The lowest BCUT2D eigenvalue weighted by atomic mass is 9.89. The summed E-state index contributed by atoms with van der Waals surface area (Å²) < 4.78 is 12.4. The molecule has 1 aromatic carbocycles. The van der Waals surface area contributed by atoms with Gasteiger partial charge in [0, 0.05) is 31.5 Å². The molecule has 1 atom stereocenters. The van der Waals surface area contributed by atoms with Crippen LogP contribution >= 0.6 is 11.6 Å². The van der Waals surface area contributed by atoms with E-state index in [1.165, 1.54) is 12.3 Å². The lowest BCUT2D eigenvalue weighted by Crippen LogP contribution is -2.23. The molecule has 0 amide bonds. The fourth-order valence-corrected chi connectivity index (χ4v) is 3.27. The summed E-state index contributed by atoms with van der Waals surface area (Å²) in [7, 11) is 1.60. The zero-order valence-corrected chi connectivity index (χ0v) is 14.7. The van der Waals surface area contributed by atoms with Crippen LogP contribution in [0.5, 0.6) is 5.75 Å². The van der Waals surface area contributed by atoms with Gasteiger partial charge in [-0.15, -0.1) is 0 Å². The monoisotopic (exact) mass is 363 g/mol. The molecule has 0 spiro atoms. The zero-order valence-electron chi connectivity index (χ0n) is 13.9. The van der Waals surface area contributed by atoms with Crippen molar-refractivity contribution in [3.05, 3.63) is 50.8 Å².